The van der Waals surface area contributed by atoms with Gasteiger partial charge in [-0.25, -0.2) is 12.8 Å². The summed E-state index contributed by atoms with van der Waals surface area (Å²) < 4.78 is 52.0. The van der Waals surface area contributed by atoms with Crippen molar-refractivity contribution in [3.8, 4) is 11.5 Å². The van der Waals surface area contributed by atoms with Crippen LogP contribution in [-0.2, 0) is 14.8 Å². The monoisotopic (exact) mass is 462 g/mol. The molecule has 172 valence electrons. The van der Waals surface area contributed by atoms with Crippen LogP contribution in [-0.4, -0.2) is 41.1 Å². The first-order valence-corrected chi connectivity index (χ1v) is 12.1. The average molecular weight is 463 g/mol. The van der Waals surface area contributed by atoms with Crippen LogP contribution < -0.4 is 19.1 Å². The number of nitrogens with zero attached hydrogens (tertiary/aromatic N) is 1. The third kappa shape index (κ3) is 4.39. The van der Waals surface area contributed by atoms with Gasteiger partial charge in [0.05, 0.1) is 24.8 Å². The van der Waals surface area contributed by atoms with E-state index in [1.54, 1.807) is 0 Å². The number of carbonyl (C=O) groups excluding carboxylic acids is 1. The zero-order valence-corrected chi connectivity index (χ0v) is 18.9. The number of ether oxygens (including phenoxy) is 2. The first-order valence-electron chi connectivity index (χ1n) is 10.6. The summed E-state index contributed by atoms with van der Waals surface area (Å²) in [4.78, 5) is 12.8. The first-order chi connectivity index (χ1) is 15.3. The molecule has 0 unspecified atom stereocenters. The molecule has 4 rings (SSSR count). The molecule has 2 saturated carbocycles. The van der Waals surface area contributed by atoms with E-state index < -0.39 is 22.4 Å². The molecule has 1 amide bonds. The quantitative estimate of drug-likeness (QED) is 0.651. The Morgan fingerprint density at radius 2 is 1.78 bits per heavy atom. The number of sulfonamides is 1. The van der Waals surface area contributed by atoms with Gasteiger partial charge in [0.1, 0.15) is 12.4 Å². The number of halogens is 1. The Hall–Kier alpha value is -2.81. The Kier molecular flexibility index (Phi) is 6.28. The summed E-state index contributed by atoms with van der Waals surface area (Å²) in [5.74, 6) is 0.868. The van der Waals surface area contributed by atoms with Crippen molar-refractivity contribution < 1.29 is 27.1 Å². The van der Waals surface area contributed by atoms with E-state index in [0.29, 0.717) is 17.6 Å². The van der Waals surface area contributed by atoms with Crippen molar-refractivity contribution in [3.05, 3.63) is 48.3 Å². The van der Waals surface area contributed by atoms with Crippen molar-refractivity contribution in [1.82, 2.24) is 5.32 Å². The van der Waals surface area contributed by atoms with E-state index >= 15 is 0 Å². The standard InChI is InChI=1S/C23H27FN2O5S/c1-30-21-10-9-19(13-22(21)31-2)32(28,29)26(18-7-5-17(24)6-8-18)14-23(27)25-20-12-15-3-4-16(20)11-15/h5-10,13,15-16,20H,3-4,11-12,14H2,1-2H3,(H,25,27)/t15-,16+,20+/m1/s1. The largest absolute Gasteiger partial charge is 0.493 e. The fraction of sp³-hybridized carbons (Fsp3) is 0.435. The minimum atomic E-state index is -4.15. The van der Waals surface area contributed by atoms with E-state index in [4.69, 9.17) is 9.47 Å². The van der Waals surface area contributed by atoms with Gasteiger partial charge in [-0.3, -0.25) is 9.10 Å². The molecule has 9 heteroatoms. The highest BCUT2D eigenvalue weighted by molar-refractivity contribution is 7.92. The molecule has 1 N–H and O–H groups in total. The second-order valence-corrected chi connectivity index (χ2v) is 10.2. The number of carbonyl (C=O) groups is 1. The number of anilines is 1. The average Bonchev–Trinajstić information content (AvgIpc) is 3.41. The van der Waals surface area contributed by atoms with E-state index in [9.17, 15) is 17.6 Å². The lowest BCUT2D eigenvalue weighted by Crippen LogP contribution is -2.46. The van der Waals surface area contributed by atoms with Crippen LogP contribution in [0.1, 0.15) is 25.7 Å². The lowest BCUT2D eigenvalue weighted by atomic mass is 9.95. The Bertz CT molecular complexity index is 1090. The van der Waals surface area contributed by atoms with E-state index in [1.165, 1.54) is 63.1 Å². The van der Waals surface area contributed by atoms with Gasteiger partial charge in [-0.05, 0) is 67.5 Å². The topological polar surface area (TPSA) is 84.9 Å². The summed E-state index contributed by atoms with van der Waals surface area (Å²) in [7, 11) is -1.28. The summed E-state index contributed by atoms with van der Waals surface area (Å²) in [6.07, 6.45) is 4.36. The first kappa shape index (κ1) is 22.4. The van der Waals surface area contributed by atoms with Crippen molar-refractivity contribution in [1.29, 1.82) is 0 Å². The van der Waals surface area contributed by atoms with E-state index in [2.05, 4.69) is 5.32 Å². The Labute approximate surface area is 187 Å². The van der Waals surface area contributed by atoms with Gasteiger partial charge in [0, 0.05) is 12.1 Å². The van der Waals surface area contributed by atoms with Crippen molar-refractivity contribution in [3.63, 3.8) is 0 Å². The number of benzene rings is 2. The highest BCUT2D eigenvalue weighted by atomic mass is 32.2. The molecule has 7 nitrogen and oxygen atoms in total. The highest BCUT2D eigenvalue weighted by Gasteiger charge is 2.40. The number of hydrogen-bond donors (Lipinski definition) is 1. The van der Waals surface area contributed by atoms with Gasteiger partial charge in [0.15, 0.2) is 11.5 Å². The van der Waals surface area contributed by atoms with Gasteiger partial charge in [-0.2, -0.15) is 0 Å². The summed E-state index contributed by atoms with van der Waals surface area (Å²) in [5.41, 5.74) is 0.198. The van der Waals surface area contributed by atoms with Gasteiger partial charge in [0.2, 0.25) is 5.91 Å². The van der Waals surface area contributed by atoms with Gasteiger partial charge >= 0.3 is 0 Å². The summed E-state index contributed by atoms with van der Waals surface area (Å²) in [6, 6.07) is 9.33. The molecule has 2 aliphatic carbocycles. The lowest BCUT2D eigenvalue weighted by molar-refractivity contribution is -0.120. The molecule has 2 aliphatic rings. The van der Waals surface area contributed by atoms with Crippen molar-refractivity contribution in [2.75, 3.05) is 25.1 Å². The molecule has 0 aliphatic heterocycles. The third-order valence-corrected chi connectivity index (χ3v) is 8.20. The van der Waals surface area contributed by atoms with Gasteiger partial charge < -0.3 is 14.8 Å². The molecule has 2 fully saturated rings. The Morgan fingerprint density at radius 3 is 2.38 bits per heavy atom. The van der Waals surface area contributed by atoms with Crippen molar-refractivity contribution in [2.45, 2.75) is 36.6 Å². The number of amides is 1. The van der Waals surface area contributed by atoms with Crippen molar-refractivity contribution in [2.24, 2.45) is 11.8 Å². The van der Waals surface area contributed by atoms with E-state index in [-0.39, 0.29) is 28.3 Å². The minimum Gasteiger partial charge on any atom is -0.493 e. The molecular weight excluding hydrogens is 435 g/mol. The normalized spacial score (nSPS) is 21.9. The molecule has 0 aromatic heterocycles. The molecule has 32 heavy (non-hydrogen) atoms. The maximum absolute atomic E-state index is 13.5. The maximum atomic E-state index is 13.5. The van der Waals surface area contributed by atoms with Crippen molar-refractivity contribution >= 4 is 21.6 Å². The zero-order valence-electron chi connectivity index (χ0n) is 18.1. The molecule has 2 aromatic rings. The molecule has 3 atom stereocenters. The summed E-state index contributed by atoms with van der Waals surface area (Å²) >= 11 is 0. The maximum Gasteiger partial charge on any atom is 0.264 e. The molecule has 0 saturated heterocycles. The van der Waals surface area contributed by atoms with Crippen LogP contribution >= 0.6 is 0 Å². The minimum absolute atomic E-state index is 0.0628. The fourth-order valence-electron chi connectivity index (χ4n) is 4.83. The Morgan fingerprint density at radius 1 is 1.06 bits per heavy atom. The van der Waals surface area contributed by atoms with Crippen LogP contribution in [0.3, 0.4) is 0 Å². The SMILES string of the molecule is COc1ccc(S(=O)(=O)N(CC(=O)N[C@H]2C[C@@H]3CC[C@H]2C3)c2ccc(F)cc2)cc1OC. The van der Waals surface area contributed by atoms with Crippen LogP contribution in [0.4, 0.5) is 10.1 Å². The second-order valence-electron chi connectivity index (χ2n) is 8.35. The molecule has 0 spiro atoms. The zero-order chi connectivity index (χ0) is 22.9. The smallest absolute Gasteiger partial charge is 0.264 e. The Balaban J connectivity index is 1.63. The lowest BCUT2D eigenvalue weighted by Gasteiger charge is -2.27. The van der Waals surface area contributed by atoms with Crippen LogP contribution in [0, 0.1) is 17.7 Å². The number of fused-ring (bicyclic) bond motifs is 2. The second kappa shape index (κ2) is 8.97. The number of nitrogens with one attached hydrogen (secondary N) is 1. The van der Waals surface area contributed by atoms with Crippen LogP contribution in [0.5, 0.6) is 11.5 Å². The van der Waals surface area contributed by atoms with Gasteiger partial charge in [-0.1, -0.05) is 6.42 Å². The summed E-state index contributed by atoms with van der Waals surface area (Å²) in [6.45, 7) is -0.407. The van der Waals surface area contributed by atoms with Crippen LogP contribution in [0.25, 0.3) is 0 Å². The van der Waals surface area contributed by atoms with E-state index in [1.807, 2.05) is 0 Å². The highest BCUT2D eigenvalue weighted by Crippen LogP contribution is 2.44. The number of hydrogen-bond acceptors (Lipinski definition) is 5. The summed E-state index contributed by atoms with van der Waals surface area (Å²) in [5, 5.41) is 3.02. The number of methoxy groups -OCH3 is 2. The van der Waals surface area contributed by atoms with E-state index in [0.717, 1.165) is 23.6 Å². The molecular formula is C23H27FN2O5S. The molecule has 0 heterocycles. The number of rotatable bonds is 8. The third-order valence-electron chi connectivity index (χ3n) is 6.43. The molecule has 0 radical (unpaired) electrons. The molecule has 2 bridgehead atoms. The van der Waals surface area contributed by atoms with Crippen LogP contribution in [0.2, 0.25) is 0 Å². The van der Waals surface area contributed by atoms with Gasteiger partial charge in [0.25, 0.3) is 10.0 Å². The predicted octanol–water partition coefficient (Wildman–Crippen LogP) is 3.34. The van der Waals surface area contributed by atoms with Gasteiger partial charge in [-0.15, -0.1) is 0 Å². The predicted molar refractivity (Wildman–Crippen MR) is 118 cm³/mol. The van der Waals surface area contributed by atoms with Crippen LogP contribution in [0.15, 0.2) is 47.4 Å². The molecule has 2 aromatic carbocycles. The fourth-order valence-corrected chi connectivity index (χ4v) is 6.27.